The Morgan fingerprint density at radius 1 is 1.60 bits per heavy atom. The van der Waals surface area contributed by atoms with Gasteiger partial charge in [0, 0.05) is 0 Å². The van der Waals surface area contributed by atoms with E-state index in [0.717, 1.165) is 12.8 Å². The molecule has 0 spiro atoms. The standard InChI is InChI=1S/C12H12BrFN2O4/c1-20-12(17)10(6-2-3-6)15-8-5-4-7(13)9(14)11(8)16(18)19/h4-6,10,15H,2-3H2,1H3. The van der Waals surface area contributed by atoms with E-state index in [1.807, 2.05) is 0 Å². The first-order chi connectivity index (χ1) is 9.45. The highest BCUT2D eigenvalue weighted by molar-refractivity contribution is 9.10. The first-order valence-electron chi connectivity index (χ1n) is 5.92. The predicted molar refractivity (Wildman–Crippen MR) is 72.9 cm³/mol. The van der Waals surface area contributed by atoms with Crippen molar-refractivity contribution in [2.75, 3.05) is 12.4 Å². The molecule has 0 saturated heterocycles. The molecule has 1 aromatic rings. The van der Waals surface area contributed by atoms with E-state index in [9.17, 15) is 19.3 Å². The van der Waals surface area contributed by atoms with Crippen molar-refractivity contribution in [3.63, 3.8) is 0 Å². The molecular weight excluding hydrogens is 335 g/mol. The molecule has 0 aromatic heterocycles. The lowest BCUT2D eigenvalue weighted by Gasteiger charge is -2.17. The summed E-state index contributed by atoms with van der Waals surface area (Å²) >= 11 is 2.90. The zero-order valence-corrected chi connectivity index (χ0v) is 12.1. The highest BCUT2D eigenvalue weighted by Gasteiger charge is 2.38. The normalized spacial score (nSPS) is 15.6. The van der Waals surface area contributed by atoms with Crippen LogP contribution in [0.15, 0.2) is 16.6 Å². The van der Waals surface area contributed by atoms with Gasteiger partial charge in [-0.05, 0) is 46.8 Å². The minimum atomic E-state index is -0.973. The van der Waals surface area contributed by atoms with Crippen molar-refractivity contribution in [1.82, 2.24) is 0 Å². The molecular formula is C12H12BrFN2O4. The molecule has 8 heteroatoms. The Bertz CT molecular complexity index is 563. The smallest absolute Gasteiger partial charge is 0.328 e. The summed E-state index contributed by atoms with van der Waals surface area (Å²) in [4.78, 5) is 21.8. The topological polar surface area (TPSA) is 81.5 Å². The molecule has 1 N–H and O–H groups in total. The van der Waals surface area contributed by atoms with Gasteiger partial charge < -0.3 is 10.1 Å². The average Bonchev–Trinajstić information content (AvgIpc) is 3.23. The summed E-state index contributed by atoms with van der Waals surface area (Å²) in [5, 5.41) is 13.7. The molecule has 1 saturated carbocycles. The second-order valence-corrected chi connectivity index (χ2v) is 5.35. The molecule has 0 radical (unpaired) electrons. The number of methoxy groups -OCH3 is 1. The largest absolute Gasteiger partial charge is 0.467 e. The number of esters is 1. The Balaban J connectivity index is 2.34. The van der Waals surface area contributed by atoms with Gasteiger partial charge in [0.2, 0.25) is 5.82 Å². The Hall–Kier alpha value is -1.70. The Labute approximate surface area is 122 Å². The van der Waals surface area contributed by atoms with Gasteiger partial charge in [-0.25, -0.2) is 4.79 Å². The lowest BCUT2D eigenvalue weighted by molar-refractivity contribution is -0.386. The van der Waals surface area contributed by atoms with E-state index in [1.54, 1.807) is 0 Å². The van der Waals surface area contributed by atoms with Gasteiger partial charge in [-0.2, -0.15) is 4.39 Å². The molecule has 2 rings (SSSR count). The molecule has 0 heterocycles. The van der Waals surface area contributed by atoms with Crippen molar-refractivity contribution in [1.29, 1.82) is 0 Å². The van der Waals surface area contributed by atoms with E-state index in [-0.39, 0.29) is 16.1 Å². The number of hydrogen-bond donors (Lipinski definition) is 1. The molecule has 1 aliphatic carbocycles. The number of hydrogen-bond acceptors (Lipinski definition) is 5. The van der Waals surface area contributed by atoms with Crippen LogP contribution >= 0.6 is 15.9 Å². The third-order valence-electron chi connectivity index (χ3n) is 3.11. The summed E-state index contributed by atoms with van der Waals surface area (Å²) in [5.74, 6) is -1.42. The van der Waals surface area contributed by atoms with Gasteiger partial charge in [0.25, 0.3) is 0 Å². The monoisotopic (exact) mass is 346 g/mol. The number of nitro benzene ring substituents is 1. The molecule has 20 heavy (non-hydrogen) atoms. The van der Waals surface area contributed by atoms with E-state index in [4.69, 9.17) is 0 Å². The van der Waals surface area contributed by atoms with Gasteiger partial charge in [-0.15, -0.1) is 0 Å². The Kier molecular flexibility index (Phi) is 4.22. The van der Waals surface area contributed by atoms with Crippen LogP contribution in [-0.4, -0.2) is 24.0 Å². The molecule has 108 valence electrons. The van der Waals surface area contributed by atoms with Crippen molar-refractivity contribution in [3.8, 4) is 0 Å². The lowest BCUT2D eigenvalue weighted by Crippen LogP contribution is -2.33. The fraction of sp³-hybridized carbons (Fsp3) is 0.417. The summed E-state index contributed by atoms with van der Waals surface area (Å²) in [7, 11) is 1.25. The molecule has 1 fully saturated rings. The number of halogens is 2. The van der Waals surface area contributed by atoms with Crippen molar-refractivity contribution >= 4 is 33.3 Å². The first-order valence-corrected chi connectivity index (χ1v) is 6.71. The molecule has 6 nitrogen and oxygen atoms in total. The van der Waals surface area contributed by atoms with Crippen molar-refractivity contribution in [3.05, 3.63) is 32.5 Å². The number of nitrogens with one attached hydrogen (secondary N) is 1. The zero-order valence-electron chi connectivity index (χ0n) is 10.6. The van der Waals surface area contributed by atoms with E-state index in [0.29, 0.717) is 0 Å². The number of ether oxygens (including phenoxy) is 1. The van der Waals surface area contributed by atoms with Gasteiger partial charge in [0.05, 0.1) is 16.5 Å². The second kappa shape index (κ2) is 5.74. The third-order valence-corrected chi connectivity index (χ3v) is 3.72. The highest BCUT2D eigenvalue weighted by Crippen LogP contribution is 2.38. The summed E-state index contributed by atoms with van der Waals surface area (Å²) in [5.41, 5.74) is -0.716. The molecule has 1 atom stereocenters. The minimum Gasteiger partial charge on any atom is -0.467 e. The second-order valence-electron chi connectivity index (χ2n) is 4.50. The van der Waals surface area contributed by atoms with Crippen LogP contribution in [0.1, 0.15) is 12.8 Å². The molecule has 1 aromatic carbocycles. The number of nitrogens with zero attached hydrogens (tertiary/aromatic N) is 1. The van der Waals surface area contributed by atoms with Crippen molar-refractivity contribution in [2.24, 2.45) is 5.92 Å². The van der Waals surface area contributed by atoms with Crippen LogP contribution in [0.2, 0.25) is 0 Å². The Morgan fingerprint density at radius 3 is 2.75 bits per heavy atom. The number of carbonyl (C=O) groups is 1. The summed E-state index contributed by atoms with van der Waals surface area (Å²) < 4.78 is 18.5. The van der Waals surface area contributed by atoms with Crippen molar-refractivity contribution < 1.29 is 18.8 Å². The SMILES string of the molecule is COC(=O)C(Nc1ccc(Br)c(F)c1[N+](=O)[O-])C1CC1. The van der Waals surface area contributed by atoms with Crippen LogP contribution in [0, 0.1) is 21.8 Å². The third kappa shape index (κ3) is 2.90. The molecule has 0 amide bonds. The quantitative estimate of drug-likeness (QED) is 0.503. The van der Waals surface area contributed by atoms with Gasteiger partial charge in [-0.3, -0.25) is 10.1 Å². The van der Waals surface area contributed by atoms with E-state index in [2.05, 4.69) is 26.0 Å². The molecule has 1 aliphatic rings. The maximum atomic E-state index is 13.8. The van der Waals surface area contributed by atoms with Gasteiger partial charge in [0.1, 0.15) is 11.7 Å². The number of anilines is 1. The summed E-state index contributed by atoms with van der Waals surface area (Å²) in [6.07, 6.45) is 1.67. The molecule has 0 aliphatic heterocycles. The number of rotatable bonds is 5. The molecule has 1 unspecified atom stereocenters. The summed E-state index contributed by atoms with van der Waals surface area (Å²) in [6.45, 7) is 0. The highest BCUT2D eigenvalue weighted by atomic mass is 79.9. The van der Waals surface area contributed by atoms with Crippen LogP contribution in [0.25, 0.3) is 0 Å². The van der Waals surface area contributed by atoms with Crippen LogP contribution < -0.4 is 5.32 Å². The fourth-order valence-electron chi connectivity index (χ4n) is 1.93. The predicted octanol–water partition coefficient (Wildman–Crippen LogP) is 2.86. The number of nitro groups is 1. The summed E-state index contributed by atoms with van der Waals surface area (Å²) in [6, 6.07) is 2.02. The lowest BCUT2D eigenvalue weighted by atomic mass is 10.1. The van der Waals surface area contributed by atoms with Crippen LogP contribution in [0.5, 0.6) is 0 Å². The van der Waals surface area contributed by atoms with E-state index >= 15 is 0 Å². The zero-order chi connectivity index (χ0) is 14.9. The fourth-order valence-corrected chi connectivity index (χ4v) is 2.25. The van der Waals surface area contributed by atoms with E-state index in [1.165, 1.54) is 19.2 Å². The molecule has 0 bridgehead atoms. The van der Waals surface area contributed by atoms with Crippen LogP contribution in [0.3, 0.4) is 0 Å². The van der Waals surface area contributed by atoms with Gasteiger partial charge >= 0.3 is 11.7 Å². The van der Waals surface area contributed by atoms with E-state index < -0.39 is 28.4 Å². The number of carbonyl (C=O) groups excluding carboxylic acids is 1. The number of benzene rings is 1. The van der Waals surface area contributed by atoms with Crippen molar-refractivity contribution in [2.45, 2.75) is 18.9 Å². The Morgan fingerprint density at radius 2 is 2.25 bits per heavy atom. The minimum absolute atomic E-state index is 0.00390. The van der Waals surface area contributed by atoms with Gasteiger partial charge in [-0.1, -0.05) is 0 Å². The maximum absolute atomic E-state index is 13.8. The van der Waals surface area contributed by atoms with Gasteiger partial charge in [0.15, 0.2) is 0 Å². The first kappa shape index (κ1) is 14.7. The maximum Gasteiger partial charge on any atom is 0.328 e. The van der Waals surface area contributed by atoms with Crippen LogP contribution in [-0.2, 0) is 9.53 Å². The average molecular weight is 347 g/mol. The van der Waals surface area contributed by atoms with Crippen LogP contribution in [0.4, 0.5) is 15.8 Å².